The molecule has 8 aromatic carbocycles. The maximum atomic E-state index is 2.72. The summed E-state index contributed by atoms with van der Waals surface area (Å²) in [5, 5.41) is 2.49. The average Bonchev–Trinajstić information content (AvgIpc) is 3.63. The Morgan fingerprint density at radius 1 is 0.446 bits per heavy atom. The largest absolute Gasteiger partial charge is 0.308 e. The van der Waals surface area contributed by atoms with Gasteiger partial charge in [-0.15, -0.1) is 0 Å². The van der Waals surface area contributed by atoms with Crippen LogP contribution in [0, 0.1) is 0 Å². The summed E-state index contributed by atoms with van der Waals surface area (Å²) in [5.41, 5.74) is 22.0. The second kappa shape index (κ2) is 11.4. The Morgan fingerprint density at radius 2 is 1.02 bits per heavy atom. The molecule has 0 aromatic heterocycles. The molecular weight excluding hydrogens is 675 g/mol. The van der Waals surface area contributed by atoms with Gasteiger partial charge in [0, 0.05) is 21.8 Å². The molecule has 1 nitrogen and oxygen atoms in total. The monoisotopic (exact) mass is 719 g/mol. The fraction of sp³-hybridized carbons (Fsp3) is 0.164. The highest BCUT2D eigenvalue weighted by atomic mass is 15.2. The molecule has 0 radical (unpaired) electrons. The molecule has 1 unspecified atom stereocenters. The molecule has 56 heavy (non-hydrogen) atoms. The van der Waals surface area contributed by atoms with Crippen LogP contribution in [0.2, 0.25) is 0 Å². The summed E-state index contributed by atoms with van der Waals surface area (Å²) in [7, 11) is 0. The van der Waals surface area contributed by atoms with Gasteiger partial charge in [-0.2, -0.15) is 0 Å². The standard InChI is InChI=1S/C55H45N/c1-53(2,3)48-46-39-27-15-17-29-42(39)54(4,5)49(46)52-50-47(48)40-28-16-18-30-43(40)55(50,6)44-33-37(34-20-9-7-10-21-34)32-41(36-22-11-8-12-23-36)51(44)56(52)45-31-19-25-35-24-13-14-26-38(35)45/h7-33H,1-6H3. The minimum absolute atomic E-state index is 0.133. The number of nitrogens with zero attached hydrogens (tertiary/aromatic N) is 1. The van der Waals surface area contributed by atoms with Gasteiger partial charge in [0.15, 0.2) is 0 Å². The molecule has 11 rings (SSSR count). The van der Waals surface area contributed by atoms with Crippen molar-refractivity contribution in [3.05, 3.63) is 197 Å². The summed E-state index contributed by atoms with van der Waals surface area (Å²) in [4.78, 5) is 2.72. The van der Waals surface area contributed by atoms with Crippen LogP contribution in [0.15, 0.2) is 164 Å². The van der Waals surface area contributed by atoms with E-state index in [-0.39, 0.29) is 10.8 Å². The van der Waals surface area contributed by atoms with Crippen molar-refractivity contribution in [1.29, 1.82) is 0 Å². The van der Waals surface area contributed by atoms with E-state index in [1.54, 1.807) is 0 Å². The first-order chi connectivity index (χ1) is 27.1. The van der Waals surface area contributed by atoms with Gasteiger partial charge < -0.3 is 4.90 Å². The van der Waals surface area contributed by atoms with Gasteiger partial charge >= 0.3 is 0 Å². The van der Waals surface area contributed by atoms with Crippen molar-refractivity contribution in [3.63, 3.8) is 0 Å². The lowest BCUT2D eigenvalue weighted by Crippen LogP contribution is -2.35. The molecule has 0 fully saturated rings. The molecule has 8 aromatic rings. The van der Waals surface area contributed by atoms with E-state index in [4.69, 9.17) is 0 Å². The summed E-state index contributed by atoms with van der Waals surface area (Å²) in [5.74, 6) is 0. The van der Waals surface area contributed by atoms with Gasteiger partial charge in [0.05, 0.1) is 17.1 Å². The Balaban J connectivity index is 1.43. The van der Waals surface area contributed by atoms with Crippen LogP contribution in [0.5, 0.6) is 0 Å². The molecule has 1 atom stereocenters. The zero-order valence-corrected chi connectivity index (χ0v) is 33.0. The van der Waals surface area contributed by atoms with Crippen molar-refractivity contribution < 1.29 is 0 Å². The van der Waals surface area contributed by atoms with Gasteiger partial charge in [-0.05, 0) is 108 Å². The molecule has 0 bridgehead atoms. The second-order valence-corrected chi connectivity index (χ2v) is 17.8. The Morgan fingerprint density at radius 3 is 1.73 bits per heavy atom. The number of benzene rings is 8. The Kier molecular flexibility index (Phi) is 6.77. The van der Waals surface area contributed by atoms with E-state index in [0.29, 0.717) is 0 Å². The van der Waals surface area contributed by atoms with E-state index in [9.17, 15) is 0 Å². The predicted octanol–water partition coefficient (Wildman–Crippen LogP) is 14.9. The van der Waals surface area contributed by atoms with E-state index < -0.39 is 5.41 Å². The number of anilines is 3. The Labute approximate surface area is 330 Å². The van der Waals surface area contributed by atoms with Crippen LogP contribution in [0.25, 0.3) is 55.3 Å². The number of hydrogen-bond acceptors (Lipinski definition) is 1. The van der Waals surface area contributed by atoms with Crippen LogP contribution in [0.3, 0.4) is 0 Å². The van der Waals surface area contributed by atoms with E-state index in [1.165, 1.54) is 106 Å². The molecule has 3 aliphatic rings. The molecule has 0 amide bonds. The summed E-state index contributed by atoms with van der Waals surface area (Å²) < 4.78 is 0. The number of fused-ring (bicyclic) bond motifs is 10. The number of rotatable bonds is 3. The molecule has 0 N–H and O–H groups in total. The van der Waals surface area contributed by atoms with Crippen molar-refractivity contribution in [1.82, 2.24) is 0 Å². The molecule has 1 aliphatic heterocycles. The van der Waals surface area contributed by atoms with Crippen molar-refractivity contribution in [2.45, 2.75) is 57.8 Å². The van der Waals surface area contributed by atoms with Crippen LogP contribution in [-0.2, 0) is 16.2 Å². The highest BCUT2D eigenvalue weighted by Gasteiger charge is 2.55. The lowest BCUT2D eigenvalue weighted by molar-refractivity contribution is 0.588. The molecule has 1 heteroatoms. The highest BCUT2D eigenvalue weighted by Crippen LogP contribution is 2.71. The summed E-state index contributed by atoms with van der Waals surface area (Å²) in [6, 6.07) is 61.5. The minimum atomic E-state index is -0.439. The van der Waals surface area contributed by atoms with Crippen LogP contribution in [-0.4, -0.2) is 0 Å². The maximum Gasteiger partial charge on any atom is 0.0585 e. The van der Waals surface area contributed by atoms with Crippen molar-refractivity contribution in [3.8, 4) is 44.5 Å². The summed E-state index contributed by atoms with van der Waals surface area (Å²) in [6.07, 6.45) is 0. The van der Waals surface area contributed by atoms with Gasteiger partial charge in [-0.1, -0.05) is 180 Å². The van der Waals surface area contributed by atoms with Crippen LogP contribution < -0.4 is 4.90 Å². The van der Waals surface area contributed by atoms with Gasteiger partial charge in [0.1, 0.15) is 0 Å². The van der Waals surface area contributed by atoms with E-state index in [2.05, 4.69) is 210 Å². The molecule has 2 aliphatic carbocycles. The van der Waals surface area contributed by atoms with Gasteiger partial charge in [-0.25, -0.2) is 0 Å². The van der Waals surface area contributed by atoms with Crippen molar-refractivity contribution in [2.75, 3.05) is 4.90 Å². The fourth-order valence-corrected chi connectivity index (χ4v) is 10.9. The van der Waals surface area contributed by atoms with E-state index in [1.807, 2.05) is 0 Å². The lowest BCUT2D eigenvalue weighted by Gasteiger charge is -2.47. The molecular formula is C55H45N. The predicted molar refractivity (Wildman–Crippen MR) is 237 cm³/mol. The molecule has 270 valence electrons. The van der Waals surface area contributed by atoms with E-state index in [0.717, 1.165) is 0 Å². The quantitative estimate of drug-likeness (QED) is 0.176. The summed E-state index contributed by atoms with van der Waals surface area (Å²) in [6.45, 7) is 14.8. The topological polar surface area (TPSA) is 3.24 Å². The fourth-order valence-electron chi connectivity index (χ4n) is 10.9. The second-order valence-electron chi connectivity index (χ2n) is 17.8. The summed E-state index contributed by atoms with van der Waals surface area (Å²) >= 11 is 0. The average molecular weight is 720 g/mol. The van der Waals surface area contributed by atoms with Crippen molar-refractivity contribution in [2.24, 2.45) is 0 Å². The lowest BCUT2D eigenvalue weighted by atomic mass is 9.65. The zero-order valence-electron chi connectivity index (χ0n) is 33.0. The highest BCUT2D eigenvalue weighted by molar-refractivity contribution is 6.11. The van der Waals surface area contributed by atoms with Crippen LogP contribution in [0.1, 0.15) is 74.9 Å². The first kappa shape index (κ1) is 33.2. The molecule has 1 heterocycles. The third-order valence-electron chi connectivity index (χ3n) is 13.2. The molecule has 0 saturated carbocycles. The first-order valence-corrected chi connectivity index (χ1v) is 20.1. The van der Waals surface area contributed by atoms with E-state index >= 15 is 0 Å². The SMILES string of the molecule is CC(C)(C)c1c2c(c3c4c1-c1ccccc1C4(C)c1cc(-c4ccccc4)cc(-c4ccccc4)c1N3c1cccc3ccccc13)C(C)(C)c1ccccc1-2. The smallest absolute Gasteiger partial charge is 0.0585 e. The molecule has 0 saturated heterocycles. The Hall–Kier alpha value is -6.18. The van der Waals surface area contributed by atoms with Gasteiger partial charge in [-0.3, -0.25) is 0 Å². The first-order valence-electron chi connectivity index (χ1n) is 20.1. The van der Waals surface area contributed by atoms with Gasteiger partial charge in [0.2, 0.25) is 0 Å². The van der Waals surface area contributed by atoms with Crippen LogP contribution in [0.4, 0.5) is 17.1 Å². The van der Waals surface area contributed by atoms with Crippen molar-refractivity contribution >= 4 is 27.8 Å². The number of hydrogen-bond donors (Lipinski definition) is 0. The maximum absolute atomic E-state index is 2.72. The zero-order chi connectivity index (χ0) is 38.1. The third kappa shape index (κ3) is 4.26. The third-order valence-corrected chi connectivity index (χ3v) is 13.2. The Bertz CT molecular complexity index is 2920. The van der Waals surface area contributed by atoms with Gasteiger partial charge in [0.25, 0.3) is 0 Å². The minimum Gasteiger partial charge on any atom is -0.308 e. The normalized spacial score (nSPS) is 16.9. The van der Waals surface area contributed by atoms with Crippen LogP contribution >= 0.6 is 0 Å². The molecule has 0 spiro atoms.